The van der Waals surface area contributed by atoms with Crippen LogP contribution in [0.2, 0.25) is 0 Å². The summed E-state index contributed by atoms with van der Waals surface area (Å²) < 4.78 is 0. The van der Waals surface area contributed by atoms with Gasteiger partial charge < -0.3 is 10.2 Å². The van der Waals surface area contributed by atoms with Crippen LogP contribution >= 0.6 is 0 Å². The highest BCUT2D eigenvalue weighted by Gasteiger charge is 2.23. The number of rotatable bonds is 6. The molecule has 0 aliphatic carbocycles. The van der Waals surface area contributed by atoms with Gasteiger partial charge in [0.15, 0.2) is 0 Å². The lowest BCUT2D eigenvalue weighted by Crippen LogP contribution is -2.47. The largest absolute Gasteiger partial charge is 0.353 e. The lowest BCUT2D eigenvalue weighted by molar-refractivity contribution is -0.126. The van der Waals surface area contributed by atoms with Crippen LogP contribution in [0.1, 0.15) is 13.8 Å². The summed E-state index contributed by atoms with van der Waals surface area (Å²) in [4.78, 5) is 15.9. The lowest BCUT2D eigenvalue weighted by Gasteiger charge is -2.26. The Kier molecular flexibility index (Phi) is 6.52. The van der Waals surface area contributed by atoms with E-state index in [0.29, 0.717) is 12.5 Å². The van der Waals surface area contributed by atoms with Crippen LogP contribution in [0.4, 0.5) is 0 Å². The van der Waals surface area contributed by atoms with Crippen LogP contribution in [0.25, 0.3) is 0 Å². The molecule has 0 rings (SSSR count). The SMILES string of the molecule is CC(C)[C@H](C(=O)NCCN(C)C)N(C)C. The Balaban J connectivity index is 4.04. The zero-order chi connectivity index (χ0) is 12.0. The molecule has 0 saturated carbocycles. The molecule has 0 fully saturated rings. The van der Waals surface area contributed by atoms with E-state index in [2.05, 4.69) is 24.1 Å². The summed E-state index contributed by atoms with van der Waals surface area (Å²) in [5, 5.41) is 2.95. The molecule has 0 aliphatic heterocycles. The number of hydrogen-bond donors (Lipinski definition) is 1. The van der Waals surface area contributed by atoms with Crippen molar-refractivity contribution in [2.24, 2.45) is 5.92 Å². The Morgan fingerprint density at radius 2 is 1.73 bits per heavy atom. The average Bonchev–Trinajstić information content (AvgIpc) is 2.01. The predicted octanol–water partition coefficient (Wildman–Crippen LogP) is 0.250. The predicted molar refractivity (Wildman–Crippen MR) is 63.9 cm³/mol. The Labute approximate surface area is 93.6 Å². The molecule has 4 heteroatoms. The molecular formula is C11H25N3O. The second-order valence-electron chi connectivity index (χ2n) is 4.75. The smallest absolute Gasteiger partial charge is 0.237 e. The molecule has 1 atom stereocenters. The Morgan fingerprint density at radius 3 is 2.07 bits per heavy atom. The van der Waals surface area contributed by atoms with Gasteiger partial charge in [-0.05, 0) is 34.1 Å². The van der Waals surface area contributed by atoms with Crippen LogP contribution in [-0.4, -0.2) is 63.0 Å². The van der Waals surface area contributed by atoms with E-state index in [4.69, 9.17) is 0 Å². The van der Waals surface area contributed by atoms with E-state index in [1.807, 2.05) is 33.1 Å². The maximum Gasteiger partial charge on any atom is 0.237 e. The molecule has 0 bridgehead atoms. The van der Waals surface area contributed by atoms with E-state index in [-0.39, 0.29) is 11.9 Å². The number of likely N-dealkylation sites (N-methyl/N-ethyl adjacent to an activating group) is 2. The van der Waals surface area contributed by atoms with E-state index < -0.39 is 0 Å². The fraction of sp³-hybridized carbons (Fsp3) is 0.909. The van der Waals surface area contributed by atoms with Gasteiger partial charge in [0.2, 0.25) is 5.91 Å². The second kappa shape index (κ2) is 6.80. The van der Waals surface area contributed by atoms with Crippen LogP contribution < -0.4 is 5.32 Å². The van der Waals surface area contributed by atoms with E-state index in [0.717, 1.165) is 6.54 Å². The maximum atomic E-state index is 11.8. The van der Waals surface area contributed by atoms with Gasteiger partial charge in [-0.1, -0.05) is 13.8 Å². The van der Waals surface area contributed by atoms with Crippen molar-refractivity contribution in [1.29, 1.82) is 0 Å². The Bertz CT molecular complexity index is 182. The van der Waals surface area contributed by atoms with Crippen LogP contribution in [-0.2, 0) is 4.79 Å². The van der Waals surface area contributed by atoms with Crippen molar-refractivity contribution in [2.75, 3.05) is 41.3 Å². The Hall–Kier alpha value is -0.610. The lowest BCUT2D eigenvalue weighted by atomic mass is 10.0. The van der Waals surface area contributed by atoms with Crippen LogP contribution in [0.5, 0.6) is 0 Å². The summed E-state index contributed by atoms with van der Waals surface area (Å²) in [5.41, 5.74) is 0. The normalized spacial score (nSPS) is 13.7. The summed E-state index contributed by atoms with van der Waals surface area (Å²) in [6.07, 6.45) is 0. The van der Waals surface area contributed by atoms with E-state index >= 15 is 0 Å². The van der Waals surface area contributed by atoms with Gasteiger partial charge in [0.05, 0.1) is 6.04 Å². The number of hydrogen-bond acceptors (Lipinski definition) is 3. The number of carbonyl (C=O) groups excluding carboxylic acids is 1. The third-order valence-electron chi connectivity index (χ3n) is 2.31. The minimum absolute atomic E-state index is 0.0350. The molecule has 15 heavy (non-hydrogen) atoms. The molecule has 0 aromatic heterocycles. The standard InChI is InChI=1S/C11H25N3O/c1-9(2)10(14(5)6)11(15)12-7-8-13(3)4/h9-10H,7-8H2,1-6H3,(H,12,15)/t10-/m1/s1. The summed E-state index contributed by atoms with van der Waals surface area (Å²) >= 11 is 0. The first-order chi connectivity index (χ1) is 6.86. The van der Waals surface area contributed by atoms with Crippen molar-refractivity contribution in [3.8, 4) is 0 Å². The third kappa shape index (κ3) is 5.74. The minimum atomic E-state index is -0.0350. The molecule has 0 saturated heterocycles. The van der Waals surface area contributed by atoms with Crippen LogP contribution in [0.3, 0.4) is 0 Å². The van der Waals surface area contributed by atoms with Gasteiger partial charge in [-0.15, -0.1) is 0 Å². The summed E-state index contributed by atoms with van der Waals surface area (Å²) in [5.74, 6) is 0.455. The molecule has 0 aromatic rings. The van der Waals surface area contributed by atoms with Gasteiger partial charge in [0.25, 0.3) is 0 Å². The fourth-order valence-electron chi connectivity index (χ4n) is 1.64. The topological polar surface area (TPSA) is 35.6 Å². The van der Waals surface area contributed by atoms with Crippen molar-refractivity contribution in [2.45, 2.75) is 19.9 Å². The van der Waals surface area contributed by atoms with E-state index in [9.17, 15) is 4.79 Å². The second-order valence-corrected chi connectivity index (χ2v) is 4.75. The highest BCUT2D eigenvalue weighted by Crippen LogP contribution is 2.06. The summed E-state index contributed by atoms with van der Waals surface area (Å²) in [6.45, 7) is 5.72. The van der Waals surface area contributed by atoms with Crippen LogP contribution in [0.15, 0.2) is 0 Å². The highest BCUT2D eigenvalue weighted by atomic mass is 16.2. The van der Waals surface area contributed by atoms with E-state index in [1.54, 1.807) is 0 Å². The number of nitrogens with one attached hydrogen (secondary N) is 1. The van der Waals surface area contributed by atoms with Gasteiger partial charge in [-0.25, -0.2) is 0 Å². The average molecular weight is 215 g/mol. The molecule has 0 heterocycles. The van der Waals surface area contributed by atoms with Crippen LogP contribution in [0, 0.1) is 5.92 Å². The highest BCUT2D eigenvalue weighted by molar-refractivity contribution is 5.81. The quantitative estimate of drug-likeness (QED) is 0.690. The monoisotopic (exact) mass is 215 g/mol. The van der Waals surface area contributed by atoms with Gasteiger partial charge >= 0.3 is 0 Å². The molecule has 90 valence electrons. The van der Waals surface area contributed by atoms with Gasteiger partial charge in [0, 0.05) is 13.1 Å². The first-order valence-corrected chi connectivity index (χ1v) is 5.45. The number of carbonyl (C=O) groups is 1. The van der Waals surface area contributed by atoms with E-state index in [1.165, 1.54) is 0 Å². The third-order valence-corrected chi connectivity index (χ3v) is 2.31. The number of amides is 1. The van der Waals surface area contributed by atoms with Crippen molar-refractivity contribution in [1.82, 2.24) is 15.1 Å². The van der Waals surface area contributed by atoms with Gasteiger partial charge in [0.1, 0.15) is 0 Å². The number of nitrogens with zero attached hydrogens (tertiary/aromatic N) is 2. The van der Waals surface area contributed by atoms with Crippen molar-refractivity contribution < 1.29 is 4.79 Å². The van der Waals surface area contributed by atoms with Crippen molar-refractivity contribution >= 4 is 5.91 Å². The molecule has 0 spiro atoms. The molecular weight excluding hydrogens is 190 g/mol. The molecule has 4 nitrogen and oxygen atoms in total. The molecule has 0 aliphatic rings. The zero-order valence-electron chi connectivity index (χ0n) is 10.9. The maximum absolute atomic E-state index is 11.8. The summed E-state index contributed by atoms with van der Waals surface area (Å²) in [6, 6.07) is -0.0350. The Morgan fingerprint density at radius 1 is 1.20 bits per heavy atom. The summed E-state index contributed by atoms with van der Waals surface area (Å²) in [7, 11) is 7.88. The molecule has 0 unspecified atom stereocenters. The molecule has 1 amide bonds. The molecule has 0 aromatic carbocycles. The minimum Gasteiger partial charge on any atom is -0.353 e. The van der Waals surface area contributed by atoms with Crippen molar-refractivity contribution in [3.63, 3.8) is 0 Å². The zero-order valence-corrected chi connectivity index (χ0v) is 10.9. The molecule has 1 N–H and O–H groups in total. The first kappa shape index (κ1) is 14.4. The first-order valence-electron chi connectivity index (χ1n) is 5.45. The van der Waals surface area contributed by atoms with Crippen molar-refractivity contribution in [3.05, 3.63) is 0 Å². The van der Waals surface area contributed by atoms with Gasteiger partial charge in [-0.2, -0.15) is 0 Å². The fourth-order valence-corrected chi connectivity index (χ4v) is 1.64. The van der Waals surface area contributed by atoms with Gasteiger partial charge in [-0.3, -0.25) is 9.69 Å². The molecule has 0 radical (unpaired) electrons.